The SMILES string of the molecule is CCN(C(C)=O)c1nc(CNCC(O)c2cccc(C)c2)cs1. The van der Waals surface area contributed by atoms with Gasteiger partial charge in [-0.1, -0.05) is 29.8 Å². The third-order valence-corrected chi connectivity index (χ3v) is 4.45. The van der Waals surface area contributed by atoms with Crippen LogP contribution >= 0.6 is 11.3 Å². The lowest BCUT2D eigenvalue weighted by Gasteiger charge is -2.14. The molecule has 1 atom stereocenters. The van der Waals surface area contributed by atoms with Crippen LogP contribution in [-0.4, -0.2) is 29.1 Å². The minimum absolute atomic E-state index is 0.00349. The summed E-state index contributed by atoms with van der Waals surface area (Å²) in [6.45, 7) is 7.12. The number of aliphatic hydroxyl groups excluding tert-OH is 1. The van der Waals surface area contributed by atoms with Crippen LogP contribution in [0.4, 0.5) is 5.13 Å². The van der Waals surface area contributed by atoms with E-state index >= 15 is 0 Å². The summed E-state index contributed by atoms with van der Waals surface area (Å²) in [5.41, 5.74) is 2.92. The minimum atomic E-state index is -0.544. The fourth-order valence-electron chi connectivity index (χ4n) is 2.33. The highest BCUT2D eigenvalue weighted by Gasteiger charge is 2.13. The van der Waals surface area contributed by atoms with E-state index < -0.39 is 6.10 Å². The number of aromatic nitrogens is 1. The van der Waals surface area contributed by atoms with E-state index in [1.165, 1.54) is 11.3 Å². The van der Waals surface area contributed by atoms with Crippen molar-refractivity contribution in [2.45, 2.75) is 33.4 Å². The number of rotatable bonds is 7. The van der Waals surface area contributed by atoms with Gasteiger partial charge in [0, 0.05) is 31.9 Å². The van der Waals surface area contributed by atoms with Crippen molar-refractivity contribution in [3.63, 3.8) is 0 Å². The molecule has 0 aliphatic heterocycles. The number of benzene rings is 1. The van der Waals surface area contributed by atoms with Gasteiger partial charge in [-0.05, 0) is 19.4 Å². The molecular weight excluding hydrogens is 310 g/mol. The smallest absolute Gasteiger partial charge is 0.225 e. The quantitative estimate of drug-likeness (QED) is 0.817. The van der Waals surface area contributed by atoms with E-state index in [1.54, 1.807) is 11.8 Å². The maximum absolute atomic E-state index is 11.5. The molecule has 0 fully saturated rings. The minimum Gasteiger partial charge on any atom is -0.387 e. The summed E-state index contributed by atoms with van der Waals surface area (Å²) in [6, 6.07) is 7.86. The zero-order chi connectivity index (χ0) is 16.8. The van der Waals surface area contributed by atoms with E-state index in [-0.39, 0.29) is 5.91 Å². The number of thiazole rings is 1. The zero-order valence-corrected chi connectivity index (χ0v) is 14.6. The summed E-state index contributed by atoms with van der Waals surface area (Å²) in [5.74, 6) is -0.00349. The second kappa shape index (κ2) is 8.19. The number of carbonyl (C=O) groups excluding carboxylic acids is 1. The number of hydrogen-bond acceptors (Lipinski definition) is 5. The molecule has 1 aromatic heterocycles. The number of nitrogens with one attached hydrogen (secondary N) is 1. The summed E-state index contributed by atoms with van der Waals surface area (Å²) < 4.78 is 0. The molecule has 0 radical (unpaired) electrons. The molecule has 0 aliphatic rings. The summed E-state index contributed by atoms with van der Waals surface area (Å²) in [4.78, 5) is 17.6. The first-order chi connectivity index (χ1) is 11.0. The molecule has 5 nitrogen and oxygen atoms in total. The molecule has 2 N–H and O–H groups in total. The lowest BCUT2D eigenvalue weighted by atomic mass is 10.1. The molecule has 1 amide bonds. The highest BCUT2D eigenvalue weighted by molar-refractivity contribution is 7.14. The second-order valence-electron chi connectivity index (χ2n) is 5.45. The first-order valence-electron chi connectivity index (χ1n) is 7.69. The van der Waals surface area contributed by atoms with Crippen LogP contribution < -0.4 is 10.2 Å². The Kier molecular flexibility index (Phi) is 6.27. The van der Waals surface area contributed by atoms with Gasteiger partial charge in [0.2, 0.25) is 5.91 Å². The van der Waals surface area contributed by atoms with Gasteiger partial charge in [-0.15, -0.1) is 11.3 Å². The molecule has 1 aromatic carbocycles. The summed E-state index contributed by atoms with van der Waals surface area (Å²) in [5, 5.41) is 16.1. The molecule has 124 valence electrons. The van der Waals surface area contributed by atoms with Gasteiger partial charge in [0.25, 0.3) is 0 Å². The van der Waals surface area contributed by atoms with Gasteiger partial charge in [0.1, 0.15) is 0 Å². The van der Waals surface area contributed by atoms with Crippen molar-refractivity contribution in [3.05, 3.63) is 46.5 Å². The van der Waals surface area contributed by atoms with Gasteiger partial charge in [-0.3, -0.25) is 9.69 Å². The summed E-state index contributed by atoms with van der Waals surface area (Å²) in [7, 11) is 0. The first kappa shape index (κ1) is 17.6. The van der Waals surface area contributed by atoms with E-state index in [0.29, 0.717) is 19.6 Å². The predicted octanol–water partition coefficient (Wildman–Crippen LogP) is 2.65. The molecule has 0 saturated carbocycles. The molecule has 1 unspecified atom stereocenters. The summed E-state index contributed by atoms with van der Waals surface area (Å²) >= 11 is 1.46. The predicted molar refractivity (Wildman–Crippen MR) is 93.7 cm³/mol. The van der Waals surface area contributed by atoms with Crippen LogP contribution in [0.2, 0.25) is 0 Å². The maximum Gasteiger partial charge on any atom is 0.225 e. The maximum atomic E-state index is 11.5. The molecule has 0 spiro atoms. The van der Waals surface area contributed by atoms with E-state index in [1.807, 2.05) is 43.5 Å². The zero-order valence-electron chi connectivity index (χ0n) is 13.7. The van der Waals surface area contributed by atoms with Crippen molar-refractivity contribution in [1.29, 1.82) is 0 Å². The Balaban J connectivity index is 1.87. The molecule has 2 aromatic rings. The Bertz CT molecular complexity index is 657. The number of carbonyl (C=O) groups is 1. The molecule has 2 rings (SSSR count). The molecule has 0 saturated heterocycles. The van der Waals surface area contributed by atoms with Crippen molar-refractivity contribution in [1.82, 2.24) is 10.3 Å². The van der Waals surface area contributed by atoms with Gasteiger partial charge < -0.3 is 10.4 Å². The molecule has 0 bridgehead atoms. The van der Waals surface area contributed by atoms with Gasteiger partial charge in [-0.25, -0.2) is 4.98 Å². The van der Waals surface area contributed by atoms with Crippen LogP contribution in [0.15, 0.2) is 29.6 Å². The van der Waals surface area contributed by atoms with E-state index in [2.05, 4.69) is 10.3 Å². The van der Waals surface area contributed by atoms with Gasteiger partial charge in [0.05, 0.1) is 11.8 Å². The van der Waals surface area contributed by atoms with Crippen LogP contribution in [0.3, 0.4) is 0 Å². The Hall–Kier alpha value is -1.76. The van der Waals surface area contributed by atoms with Crippen LogP contribution in [0, 0.1) is 6.92 Å². The van der Waals surface area contributed by atoms with Crippen LogP contribution in [0.1, 0.15) is 36.8 Å². The Morgan fingerprint density at radius 1 is 1.48 bits per heavy atom. The summed E-state index contributed by atoms with van der Waals surface area (Å²) in [6.07, 6.45) is -0.544. The van der Waals surface area contributed by atoms with Crippen molar-refractivity contribution in [2.24, 2.45) is 0 Å². The number of nitrogens with zero attached hydrogens (tertiary/aromatic N) is 2. The normalized spacial score (nSPS) is 12.2. The lowest BCUT2D eigenvalue weighted by Crippen LogP contribution is -2.27. The van der Waals surface area contributed by atoms with Gasteiger partial charge in [-0.2, -0.15) is 0 Å². The molecule has 23 heavy (non-hydrogen) atoms. The fraction of sp³-hybridized carbons (Fsp3) is 0.412. The monoisotopic (exact) mass is 333 g/mol. The van der Waals surface area contributed by atoms with Gasteiger partial charge in [0.15, 0.2) is 5.13 Å². The van der Waals surface area contributed by atoms with Crippen molar-refractivity contribution in [2.75, 3.05) is 18.0 Å². The van der Waals surface area contributed by atoms with E-state index in [4.69, 9.17) is 0 Å². The van der Waals surface area contributed by atoms with Crippen molar-refractivity contribution in [3.8, 4) is 0 Å². The van der Waals surface area contributed by atoms with E-state index in [0.717, 1.165) is 22.0 Å². The number of hydrogen-bond donors (Lipinski definition) is 2. The number of aliphatic hydroxyl groups is 1. The highest BCUT2D eigenvalue weighted by Crippen LogP contribution is 2.20. The lowest BCUT2D eigenvalue weighted by molar-refractivity contribution is -0.116. The highest BCUT2D eigenvalue weighted by atomic mass is 32.1. The Morgan fingerprint density at radius 2 is 2.26 bits per heavy atom. The second-order valence-corrected chi connectivity index (χ2v) is 6.28. The average Bonchev–Trinajstić information content (AvgIpc) is 2.96. The first-order valence-corrected chi connectivity index (χ1v) is 8.57. The number of aryl methyl sites for hydroxylation is 1. The van der Waals surface area contributed by atoms with Crippen LogP contribution in [0.25, 0.3) is 0 Å². The number of anilines is 1. The average molecular weight is 333 g/mol. The van der Waals surface area contributed by atoms with Crippen LogP contribution in [-0.2, 0) is 11.3 Å². The third kappa shape index (κ3) is 4.86. The molecule has 0 aliphatic carbocycles. The largest absolute Gasteiger partial charge is 0.387 e. The van der Waals surface area contributed by atoms with Crippen molar-refractivity contribution < 1.29 is 9.90 Å². The molecule has 6 heteroatoms. The van der Waals surface area contributed by atoms with E-state index in [9.17, 15) is 9.90 Å². The Labute approximate surface area is 141 Å². The third-order valence-electron chi connectivity index (χ3n) is 3.54. The van der Waals surface area contributed by atoms with Gasteiger partial charge >= 0.3 is 0 Å². The van der Waals surface area contributed by atoms with Crippen LogP contribution in [0.5, 0.6) is 0 Å². The molecular formula is C17H23N3O2S. The molecule has 1 heterocycles. The standard InChI is InChI=1S/C17H23N3O2S/c1-4-20(13(3)21)17-19-15(11-23-17)9-18-10-16(22)14-7-5-6-12(2)8-14/h5-8,11,16,18,22H,4,9-10H2,1-3H3. The van der Waals surface area contributed by atoms with Crippen molar-refractivity contribution >= 4 is 22.4 Å². The topological polar surface area (TPSA) is 65.5 Å². The number of amides is 1. The fourth-order valence-corrected chi connectivity index (χ4v) is 3.26. The Morgan fingerprint density at radius 3 is 2.91 bits per heavy atom.